The lowest BCUT2D eigenvalue weighted by Crippen LogP contribution is -2.50. The summed E-state index contributed by atoms with van der Waals surface area (Å²) in [6.45, 7) is 11.3. The monoisotopic (exact) mass is 518 g/mol. The Morgan fingerprint density at radius 1 is 1.03 bits per heavy atom. The Balaban J connectivity index is 1.16. The number of hydrogen-bond acceptors (Lipinski definition) is 4. The molecule has 198 valence electrons. The molecule has 2 aromatic heterocycles. The number of carbonyl (C=O) groups excluding carboxylic acids is 1. The van der Waals surface area contributed by atoms with Gasteiger partial charge in [0.15, 0.2) is 0 Å². The molecular weight excluding hydrogens is 476 g/mol. The zero-order valence-electron chi connectivity index (χ0n) is 22.9. The van der Waals surface area contributed by atoms with Crippen molar-refractivity contribution >= 4 is 28.3 Å². The summed E-state index contributed by atoms with van der Waals surface area (Å²) in [7, 11) is 0. The quantitative estimate of drug-likeness (QED) is 0.384. The number of fused-ring (bicyclic) bond motifs is 3. The van der Waals surface area contributed by atoms with E-state index in [1.54, 1.807) is 0 Å². The van der Waals surface area contributed by atoms with Crippen LogP contribution in [0.15, 0.2) is 41.8 Å². The molecule has 5 heterocycles. The number of piperidine rings is 2. The van der Waals surface area contributed by atoms with Crippen LogP contribution in [-0.2, 0) is 10.2 Å². The number of carbonyl (C=O) groups is 1. The molecule has 1 amide bonds. The Hall–Kier alpha value is -2.18. The number of aryl methyl sites for hydroxylation is 1. The molecule has 1 unspecified atom stereocenters. The predicted molar refractivity (Wildman–Crippen MR) is 152 cm³/mol. The zero-order valence-corrected chi connectivity index (χ0v) is 23.8. The van der Waals surface area contributed by atoms with Crippen molar-refractivity contribution in [3.05, 3.63) is 52.5 Å². The van der Waals surface area contributed by atoms with E-state index in [1.807, 2.05) is 32.1 Å². The van der Waals surface area contributed by atoms with Gasteiger partial charge in [-0.3, -0.25) is 9.69 Å². The van der Waals surface area contributed by atoms with Crippen LogP contribution in [0, 0.1) is 12.3 Å². The molecule has 5 nitrogen and oxygen atoms in total. The van der Waals surface area contributed by atoms with Crippen molar-refractivity contribution in [2.45, 2.75) is 96.2 Å². The highest BCUT2D eigenvalue weighted by molar-refractivity contribution is 7.10. The number of imidazole rings is 1. The minimum atomic E-state index is -0.300. The van der Waals surface area contributed by atoms with Crippen LogP contribution in [0.2, 0.25) is 0 Å². The Kier molecular flexibility index (Phi) is 6.47. The normalized spacial score (nSPS) is 26.2. The average molecular weight is 519 g/mol. The molecule has 0 N–H and O–H groups in total. The topological polar surface area (TPSA) is 41.4 Å². The van der Waals surface area contributed by atoms with Crippen molar-refractivity contribution < 1.29 is 4.79 Å². The summed E-state index contributed by atoms with van der Waals surface area (Å²) in [4.78, 5) is 24.4. The van der Waals surface area contributed by atoms with Gasteiger partial charge in [0, 0.05) is 46.9 Å². The predicted octanol–water partition coefficient (Wildman–Crippen LogP) is 6.57. The summed E-state index contributed by atoms with van der Waals surface area (Å²) in [6, 6.07) is 15.1. The van der Waals surface area contributed by atoms with E-state index >= 15 is 0 Å². The number of aromatic nitrogens is 2. The molecule has 37 heavy (non-hydrogen) atoms. The van der Waals surface area contributed by atoms with E-state index in [0.29, 0.717) is 24.0 Å². The van der Waals surface area contributed by atoms with Gasteiger partial charge in [-0.2, -0.15) is 0 Å². The van der Waals surface area contributed by atoms with Gasteiger partial charge < -0.3 is 9.47 Å². The number of hydrogen-bond donors (Lipinski definition) is 0. The first-order valence-corrected chi connectivity index (χ1v) is 15.2. The van der Waals surface area contributed by atoms with Crippen LogP contribution in [-0.4, -0.2) is 57.0 Å². The molecule has 6 rings (SSSR count). The van der Waals surface area contributed by atoms with Gasteiger partial charge >= 0.3 is 0 Å². The van der Waals surface area contributed by atoms with E-state index in [0.717, 1.165) is 37.3 Å². The van der Waals surface area contributed by atoms with Gasteiger partial charge in [0.05, 0.1) is 11.0 Å². The molecule has 1 aromatic carbocycles. The van der Waals surface area contributed by atoms with Gasteiger partial charge in [-0.05, 0) is 82.0 Å². The number of likely N-dealkylation sites (tertiary alicyclic amines) is 1. The Labute approximate surface area is 225 Å². The Morgan fingerprint density at radius 2 is 1.73 bits per heavy atom. The van der Waals surface area contributed by atoms with Crippen molar-refractivity contribution in [2.75, 3.05) is 19.6 Å². The fourth-order valence-corrected chi connectivity index (χ4v) is 8.62. The second-order valence-corrected chi connectivity index (χ2v) is 13.8. The molecule has 0 saturated carbocycles. The van der Waals surface area contributed by atoms with E-state index in [4.69, 9.17) is 4.98 Å². The molecule has 3 fully saturated rings. The SMILES string of the molecule is Cc1nc2ccccc2n1C1C[C@H]2CC[C@@H](C1)N2CCC1(c2cccs2)CCN(C(=O)C(C)(C)C)CC1. The summed E-state index contributed by atoms with van der Waals surface area (Å²) < 4.78 is 2.53. The minimum Gasteiger partial charge on any atom is -0.342 e. The lowest BCUT2D eigenvalue weighted by molar-refractivity contribution is -0.141. The van der Waals surface area contributed by atoms with Crippen molar-refractivity contribution in [3.63, 3.8) is 0 Å². The van der Waals surface area contributed by atoms with Crippen molar-refractivity contribution in [2.24, 2.45) is 5.41 Å². The smallest absolute Gasteiger partial charge is 0.227 e. The Morgan fingerprint density at radius 3 is 2.38 bits per heavy atom. The van der Waals surface area contributed by atoms with Gasteiger partial charge in [0.1, 0.15) is 5.82 Å². The summed E-state index contributed by atoms with van der Waals surface area (Å²) in [5.74, 6) is 1.46. The third-order valence-electron chi connectivity index (χ3n) is 9.54. The molecule has 0 spiro atoms. The van der Waals surface area contributed by atoms with Crippen LogP contribution in [0.4, 0.5) is 0 Å². The highest BCUT2D eigenvalue weighted by Crippen LogP contribution is 2.46. The second-order valence-electron chi connectivity index (χ2n) is 12.8. The maximum absolute atomic E-state index is 13.0. The van der Waals surface area contributed by atoms with E-state index in [9.17, 15) is 4.79 Å². The highest BCUT2D eigenvalue weighted by Gasteiger charge is 2.45. The lowest BCUT2D eigenvalue weighted by atomic mass is 9.73. The third kappa shape index (κ3) is 4.54. The molecule has 3 aliphatic heterocycles. The zero-order chi connectivity index (χ0) is 25.8. The third-order valence-corrected chi connectivity index (χ3v) is 10.7. The molecule has 3 aromatic rings. The van der Waals surface area contributed by atoms with Crippen molar-refractivity contribution in [1.29, 1.82) is 0 Å². The van der Waals surface area contributed by atoms with Crippen molar-refractivity contribution in [1.82, 2.24) is 19.4 Å². The van der Waals surface area contributed by atoms with E-state index < -0.39 is 0 Å². The number of rotatable bonds is 5. The molecule has 0 aliphatic carbocycles. The standard InChI is InChI=1S/C31H42N4OS/c1-22-32-26-8-5-6-9-27(26)35(22)25-20-23-11-12-24(21-25)34(23)18-15-31(28-10-7-19-37-28)13-16-33(17-14-31)29(36)30(2,3)4/h5-10,19,23-25H,11-18,20-21H2,1-4H3/t23-,24+,25?. The average Bonchev–Trinajstić information content (AvgIpc) is 3.58. The van der Waals surface area contributed by atoms with Gasteiger partial charge in [-0.15, -0.1) is 11.3 Å². The largest absolute Gasteiger partial charge is 0.342 e. The Bertz CT molecular complexity index is 1230. The summed E-state index contributed by atoms with van der Waals surface area (Å²) >= 11 is 1.92. The molecular formula is C31H42N4OS. The molecule has 3 saturated heterocycles. The van der Waals surface area contributed by atoms with E-state index in [1.165, 1.54) is 49.0 Å². The molecule has 3 aliphatic rings. The first kappa shape index (κ1) is 25.1. The second kappa shape index (κ2) is 9.53. The highest BCUT2D eigenvalue weighted by atomic mass is 32.1. The number of amides is 1. The van der Waals surface area contributed by atoms with Crippen molar-refractivity contribution in [3.8, 4) is 0 Å². The molecule has 3 atom stereocenters. The van der Waals surface area contributed by atoms with Crippen LogP contribution in [0.1, 0.15) is 82.5 Å². The summed E-state index contributed by atoms with van der Waals surface area (Å²) in [5, 5.41) is 2.23. The fraction of sp³-hybridized carbons (Fsp3) is 0.613. The fourth-order valence-electron chi connectivity index (χ4n) is 7.60. The van der Waals surface area contributed by atoms with E-state index in [-0.39, 0.29) is 10.8 Å². The van der Waals surface area contributed by atoms with Gasteiger partial charge in [-0.1, -0.05) is 39.0 Å². The van der Waals surface area contributed by atoms with Gasteiger partial charge in [0.25, 0.3) is 0 Å². The van der Waals surface area contributed by atoms with Crippen LogP contribution in [0.3, 0.4) is 0 Å². The van der Waals surface area contributed by atoms with Crippen LogP contribution < -0.4 is 0 Å². The minimum absolute atomic E-state index is 0.205. The van der Waals surface area contributed by atoms with Gasteiger partial charge in [-0.25, -0.2) is 4.98 Å². The number of para-hydroxylation sites is 2. The first-order chi connectivity index (χ1) is 17.7. The number of thiophene rings is 1. The van der Waals surface area contributed by atoms with E-state index in [2.05, 4.69) is 63.1 Å². The van der Waals surface area contributed by atoms with Crippen LogP contribution >= 0.6 is 11.3 Å². The summed E-state index contributed by atoms with van der Waals surface area (Å²) in [5.41, 5.74) is 2.33. The lowest BCUT2D eigenvalue weighted by Gasteiger charge is -2.46. The number of benzene rings is 1. The maximum atomic E-state index is 13.0. The van der Waals surface area contributed by atoms with Gasteiger partial charge in [0.2, 0.25) is 5.91 Å². The first-order valence-electron chi connectivity index (χ1n) is 14.3. The molecule has 0 radical (unpaired) electrons. The summed E-state index contributed by atoms with van der Waals surface area (Å²) in [6.07, 6.45) is 8.49. The van der Waals surface area contributed by atoms with Crippen LogP contribution in [0.5, 0.6) is 0 Å². The molecule has 2 bridgehead atoms. The number of nitrogens with zero attached hydrogens (tertiary/aromatic N) is 4. The maximum Gasteiger partial charge on any atom is 0.227 e. The van der Waals surface area contributed by atoms with Crippen LogP contribution in [0.25, 0.3) is 11.0 Å². The molecule has 6 heteroatoms.